The molecule has 4 heteroatoms. The van der Waals surface area contributed by atoms with Crippen molar-refractivity contribution < 1.29 is 9.59 Å². The lowest BCUT2D eigenvalue weighted by Gasteiger charge is -2.23. The number of hydrogen-bond donors (Lipinski definition) is 0. The first-order valence-corrected chi connectivity index (χ1v) is 12.6. The number of allylic oxidation sites excluding steroid dienone is 1. The molecule has 0 aliphatic heterocycles. The monoisotopic (exact) mass is 482 g/mol. The summed E-state index contributed by atoms with van der Waals surface area (Å²) in [5, 5.41) is 2.25. The van der Waals surface area contributed by atoms with Gasteiger partial charge in [0.1, 0.15) is 0 Å². The Morgan fingerprint density at radius 1 is 0.703 bits per heavy atom. The van der Waals surface area contributed by atoms with Gasteiger partial charge in [0.2, 0.25) is 0 Å². The van der Waals surface area contributed by atoms with E-state index in [0.717, 1.165) is 45.4 Å². The zero-order valence-electron chi connectivity index (χ0n) is 21.1. The van der Waals surface area contributed by atoms with Crippen LogP contribution in [0.4, 0.5) is 0 Å². The van der Waals surface area contributed by atoms with Crippen molar-refractivity contribution >= 4 is 39.4 Å². The van der Waals surface area contributed by atoms with Gasteiger partial charge >= 0.3 is 0 Å². The number of carbonyl (C=O) groups excluding carboxylic acids is 2. The second-order valence-electron chi connectivity index (χ2n) is 9.80. The molecule has 1 aliphatic rings. The molecule has 0 radical (unpaired) electrons. The molecule has 5 aromatic rings. The summed E-state index contributed by atoms with van der Waals surface area (Å²) in [5.41, 5.74) is 8.85. The van der Waals surface area contributed by atoms with E-state index < -0.39 is 0 Å². The molecule has 1 aliphatic carbocycles. The predicted molar refractivity (Wildman–Crippen MR) is 150 cm³/mol. The lowest BCUT2D eigenvalue weighted by Crippen LogP contribution is -2.06. The summed E-state index contributed by atoms with van der Waals surface area (Å²) < 4.78 is 0. The topological polar surface area (TPSA) is 59.9 Å². The number of nitrogens with zero attached hydrogens (tertiary/aromatic N) is 2. The van der Waals surface area contributed by atoms with Crippen molar-refractivity contribution in [3.63, 3.8) is 0 Å². The van der Waals surface area contributed by atoms with Crippen molar-refractivity contribution in [1.29, 1.82) is 0 Å². The largest absolute Gasteiger partial charge is 0.295 e. The van der Waals surface area contributed by atoms with Crippen molar-refractivity contribution in [2.45, 2.75) is 33.1 Å². The van der Waals surface area contributed by atoms with Gasteiger partial charge in [-0.2, -0.15) is 0 Å². The van der Waals surface area contributed by atoms with Gasteiger partial charge < -0.3 is 0 Å². The molecule has 0 fully saturated rings. The lowest BCUT2D eigenvalue weighted by molar-refractivity contribution is 0.100. The van der Waals surface area contributed by atoms with Crippen molar-refractivity contribution in [3.8, 4) is 22.5 Å². The van der Waals surface area contributed by atoms with Crippen LogP contribution < -0.4 is 0 Å². The predicted octanol–water partition coefficient (Wildman–Crippen LogP) is 8.04. The number of rotatable bonds is 4. The van der Waals surface area contributed by atoms with Gasteiger partial charge in [-0.15, -0.1) is 0 Å². The molecule has 0 N–H and O–H groups in total. The van der Waals surface area contributed by atoms with Crippen LogP contribution in [-0.4, -0.2) is 21.5 Å². The molecular formula is C33H26N2O2. The van der Waals surface area contributed by atoms with Crippen molar-refractivity contribution in [2.75, 3.05) is 0 Å². The summed E-state index contributed by atoms with van der Waals surface area (Å²) in [6.45, 7) is 5.38. The summed E-state index contributed by atoms with van der Waals surface area (Å²) in [6.07, 6.45) is 5.42. The minimum absolute atomic E-state index is 0.0239. The number of carbonyl (C=O) groups is 2. The maximum absolute atomic E-state index is 11.9. The average molecular weight is 483 g/mol. The molecule has 0 bridgehead atoms. The van der Waals surface area contributed by atoms with Crippen LogP contribution in [0, 0.1) is 0 Å². The SMILES string of the molecule is CC(=O)c1ccc(-c2nc3c4c(c5ccccc5c3nc2-c2ccc(C(C)=O)cc2)C=CCC4C)cc1. The zero-order valence-corrected chi connectivity index (χ0v) is 21.1. The zero-order chi connectivity index (χ0) is 25.7. The summed E-state index contributed by atoms with van der Waals surface area (Å²) in [7, 11) is 0. The van der Waals surface area contributed by atoms with Crippen molar-refractivity contribution in [1.82, 2.24) is 9.97 Å². The van der Waals surface area contributed by atoms with Crippen molar-refractivity contribution in [3.05, 3.63) is 101 Å². The molecule has 0 spiro atoms. The van der Waals surface area contributed by atoms with E-state index in [4.69, 9.17) is 9.97 Å². The molecule has 0 saturated carbocycles. The molecule has 1 heterocycles. The van der Waals surface area contributed by atoms with Gasteiger partial charge in [0.25, 0.3) is 0 Å². The first-order valence-electron chi connectivity index (χ1n) is 12.6. The second kappa shape index (κ2) is 8.90. The van der Waals surface area contributed by atoms with E-state index in [9.17, 15) is 9.59 Å². The first kappa shape index (κ1) is 23.0. The minimum atomic E-state index is 0.0239. The fourth-order valence-corrected chi connectivity index (χ4v) is 5.32. The molecule has 0 saturated heterocycles. The highest BCUT2D eigenvalue weighted by molar-refractivity contribution is 6.11. The average Bonchev–Trinajstić information content (AvgIpc) is 2.92. The Labute approximate surface area is 215 Å². The van der Waals surface area contributed by atoms with E-state index in [2.05, 4.69) is 37.3 Å². The van der Waals surface area contributed by atoms with Gasteiger partial charge in [-0.05, 0) is 42.7 Å². The molecule has 0 amide bonds. The Bertz CT molecular complexity index is 1750. The van der Waals surface area contributed by atoms with E-state index in [-0.39, 0.29) is 11.6 Å². The number of ketones is 2. The number of fused-ring (bicyclic) bond motifs is 6. The smallest absolute Gasteiger partial charge is 0.159 e. The summed E-state index contributed by atoms with van der Waals surface area (Å²) in [4.78, 5) is 34.4. The van der Waals surface area contributed by atoms with E-state index >= 15 is 0 Å². The first-order chi connectivity index (χ1) is 17.9. The van der Waals surface area contributed by atoms with E-state index in [1.54, 1.807) is 13.8 Å². The van der Waals surface area contributed by atoms with Crippen LogP contribution in [0.15, 0.2) is 78.9 Å². The summed E-state index contributed by atoms with van der Waals surface area (Å²) in [6, 6.07) is 23.5. The maximum atomic E-state index is 11.9. The van der Waals surface area contributed by atoms with Crippen LogP contribution >= 0.6 is 0 Å². The summed E-state index contributed by atoms with van der Waals surface area (Å²) in [5.74, 6) is 0.364. The van der Waals surface area contributed by atoms with Crippen LogP contribution in [0.3, 0.4) is 0 Å². The molecule has 1 aromatic heterocycles. The fraction of sp³-hybridized carbons (Fsp3) is 0.152. The van der Waals surface area contributed by atoms with E-state index in [1.165, 1.54) is 16.5 Å². The fourth-order valence-electron chi connectivity index (χ4n) is 5.32. The van der Waals surface area contributed by atoms with Gasteiger partial charge in [-0.1, -0.05) is 91.9 Å². The van der Waals surface area contributed by atoms with Crippen LogP contribution in [0.25, 0.3) is 50.4 Å². The number of benzene rings is 4. The molecule has 37 heavy (non-hydrogen) atoms. The Hall–Kier alpha value is -4.44. The van der Waals surface area contributed by atoms with Crippen molar-refractivity contribution in [2.24, 2.45) is 0 Å². The molecular weight excluding hydrogens is 456 g/mol. The minimum Gasteiger partial charge on any atom is -0.295 e. The third-order valence-electron chi connectivity index (χ3n) is 7.31. The van der Waals surface area contributed by atoms with Crippen LogP contribution in [0.5, 0.6) is 0 Å². The quantitative estimate of drug-likeness (QED) is 0.192. The highest BCUT2D eigenvalue weighted by Crippen LogP contribution is 2.42. The molecule has 180 valence electrons. The molecule has 1 unspecified atom stereocenters. The maximum Gasteiger partial charge on any atom is 0.159 e. The normalized spacial score (nSPS) is 14.6. The Morgan fingerprint density at radius 3 is 1.76 bits per heavy atom. The molecule has 1 atom stereocenters. The molecule has 4 aromatic carbocycles. The van der Waals surface area contributed by atoms with Crippen LogP contribution in [-0.2, 0) is 0 Å². The molecule has 4 nitrogen and oxygen atoms in total. The Morgan fingerprint density at radius 2 is 1.22 bits per heavy atom. The van der Waals surface area contributed by atoms with Crippen LogP contribution in [0.1, 0.15) is 65.0 Å². The Kier molecular flexibility index (Phi) is 5.53. The highest BCUT2D eigenvalue weighted by Gasteiger charge is 2.24. The van der Waals surface area contributed by atoms with Gasteiger partial charge in [-0.25, -0.2) is 9.97 Å². The van der Waals surface area contributed by atoms with Gasteiger partial charge in [0.05, 0.1) is 22.4 Å². The number of aromatic nitrogens is 2. The standard InChI is InChI=1S/C33H26N2O2/c1-19-7-6-10-27-26-8-4-5-9-28(26)32-33(29(19)27)35-31(25-17-13-23(14-18-25)21(3)37)30(34-32)24-15-11-22(12-16-24)20(2)36/h4-6,8-19H,7H2,1-3H3. The third kappa shape index (κ3) is 3.86. The second-order valence-corrected chi connectivity index (χ2v) is 9.80. The van der Waals surface area contributed by atoms with E-state index in [0.29, 0.717) is 17.0 Å². The van der Waals surface area contributed by atoms with Crippen LogP contribution in [0.2, 0.25) is 0 Å². The lowest BCUT2D eigenvalue weighted by atomic mass is 9.84. The number of Topliss-reactive ketones (excluding diaryl/α,β-unsaturated/α-hetero) is 2. The van der Waals surface area contributed by atoms with Gasteiger partial charge in [0, 0.05) is 27.6 Å². The highest BCUT2D eigenvalue weighted by atomic mass is 16.1. The van der Waals surface area contributed by atoms with Gasteiger partial charge in [0.15, 0.2) is 11.6 Å². The van der Waals surface area contributed by atoms with Gasteiger partial charge in [-0.3, -0.25) is 9.59 Å². The summed E-state index contributed by atoms with van der Waals surface area (Å²) >= 11 is 0. The Balaban J connectivity index is 1.71. The molecule has 6 rings (SSSR count). The third-order valence-corrected chi connectivity index (χ3v) is 7.31. The number of hydrogen-bond acceptors (Lipinski definition) is 4. The van der Waals surface area contributed by atoms with E-state index in [1.807, 2.05) is 54.6 Å².